The van der Waals surface area contributed by atoms with Crippen molar-refractivity contribution in [2.45, 2.75) is 44.9 Å². The first-order valence-corrected chi connectivity index (χ1v) is 6.31. The highest BCUT2D eigenvalue weighted by Gasteiger charge is 2.29. The maximum atomic E-state index is 5.82. The molecule has 0 amide bonds. The highest BCUT2D eigenvalue weighted by atomic mass is 16.5. The Morgan fingerprint density at radius 3 is 2.72 bits per heavy atom. The smallest absolute Gasteiger partial charge is 0.239 e. The van der Waals surface area contributed by atoms with Crippen LogP contribution in [0.2, 0.25) is 0 Å². The monoisotopic (exact) mass is 251 g/mol. The van der Waals surface area contributed by atoms with E-state index in [9.17, 15) is 0 Å². The van der Waals surface area contributed by atoms with E-state index in [1.807, 2.05) is 26.0 Å². The van der Waals surface area contributed by atoms with Crippen LogP contribution in [0.4, 0.5) is 11.5 Å². The van der Waals surface area contributed by atoms with Crippen molar-refractivity contribution < 1.29 is 9.47 Å². The third kappa shape index (κ3) is 3.04. The molecule has 1 saturated carbocycles. The van der Waals surface area contributed by atoms with Gasteiger partial charge < -0.3 is 20.5 Å². The summed E-state index contributed by atoms with van der Waals surface area (Å²) < 4.78 is 10.8. The van der Waals surface area contributed by atoms with Gasteiger partial charge in [0.05, 0.1) is 17.9 Å². The van der Waals surface area contributed by atoms with Crippen LogP contribution in [-0.2, 0) is 4.74 Å². The number of nitrogens with zero attached hydrogens (tertiary/aromatic N) is 1. The van der Waals surface area contributed by atoms with Crippen LogP contribution in [0.5, 0.6) is 5.88 Å². The third-order valence-electron chi connectivity index (χ3n) is 3.02. The van der Waals surface area contributed by atoms with Crippen molar-refractivity contribution in [3.8, 4) is 5.88 Å². The van der Waals surface area contributed by atoms with Crippen molar-refractivity contribution in [3.63, 3.8) is 0 Å². The Labute approximate surface area is 108 Å². The number of pyridine rings is 1. The van der Waals surface area contributed by atoms with Crippen molar-refractivity contribution in [2.24, 2.45) is 0 Å². The lowest BCUT2D eigenvalue weighted by Crippen LogP contribution is -2.40. The lowest BCUT2D eigenvalue weighted by molar-refractivity contribution is 0.0328. The molecule has 1 heterocycles. The predicted molar refractivity (Wildman–Crippen MR) is 71.9 cm³/mol. The molecule has 5 heteroatoms. The van der Waals surface area contributed by atoms with Gasteiger partial charge in [-0.2, -0.15) is 4.98 Å². The van der Waals surface area contributed by atoms with Crippen LogP contribution in [0.25, 0.3) is 0 Å². The summed E-state index contributed by atoms with van der Waals surface area (Å²) in [4.78, 5) is 4.39. The Balaban J connectivity index is 1.97. The number of methoxy groups -OCH3 is 1. The molecule has 1 fully saturated rings. The minimum Gasteiger partial charge on any atom is -0.473 e. The van der Waals surface area contributed by atoms with Gasteiger partial charge in [-0.25, -0.2) is 0 Å². The molecule has 0 bridgehead atoms. The van der Waals surface area contributed by atoms with Gasteiger partial charge in [0.2, 0.25) is 5.88 Å². The average Bonchev–Trinajstić information content (AvgIpc) is 2.26. The summed E-state index contributed by atoms with van der Waals surface area (Å²) in [6.45, 7) is 3.91. The first-order valence-electron chi connectivity index (χ1n) is 6.31. The van der Waals surface area contributed by atoms with E-state index in [4.69, 9.17) is 15.2 Å². The van der Waals surface area contributed by atoms with Crippen molar-refractivity contribution in [2.75, 3.05) is 18.2 Å². The Bertz CT molecular complexity index is 403. The second kappa shape index (κ2) is 5.44. The first kappa shape index (κ1) is 13.0. The van der Waals surface area contributed by atoms with Gasteiger partial charge in [0.1, 0.15) is 5.82 Å². The standard InChI is InChI=1S/C13H21N3O2/c1-8(2)18-13-11(14)4-5-12(16-13)15-9-6-10(7-9)17-3/h4-5,8-10H,6-7,14H2,1-3H3,(H,15,16). The van der Waals surface area contributed by atoms with Crippen LogP contribution in [0, 0.1) is 0 Å². The van der Waals surface area contributed by atoms with Crippen molar-refractivity contribution in [3.05, 3.63) is 12.1 Å². The van der Waals surface area contributed by atoms with Gasteiger partial charge in [-0.3, -0.25) is 0 Å². The van der Waals surface area contributed by atoms with E-state index < -0.39 is 0 Å². The van der Waals surface area contributed by atoms with Crippen LogP contribution in [0.15, 0.2) is 12.1 Å². The van der Waals surface area contributed by atoms with E-state index in [0.29, 0.717) is 23.7 Å². The molecule has 100 valence electrons. The number of anilines is 2. The van der Waals surface area contributed by atoms with Gasteiger partial charge >= 0.3 is 0 Å². The lowest BCUT2D eigenvalue weighted by atomic mass is 9.89. The van der Waals surface area contributed by atoms with Crippen LogP contribution < -0.4 is 15.8 Å². The number of aromatic nitrogens is 1. The maximum absolute atomic E-state index is 5.82. The summed E-state index contributed by atoms with van der Waals surface area (Å²) >= 11 is 0. The molecule has 1 aliphatic rings. The summed E-state index contributed by atoms with van der Waals surface area (Å²) in [7, 11) is 1.75. The zero-order valence-corrected chi connectivity index (χ0v) is 11.1. The predicted octanol–water partition coefficient (Wildman–Crippen LogP) is 2.04. The van der Waals surface area contributed by atoms with Gasteiger partial charge in [-0.15, -0.1) is 0 Å². The minimum atomic E-state index is 0.0663. The van der Waals surface area contributed by atoms with Gasteiger partial charge in [0, 0.05) is 13.2 Å². The van der Waals surface area contributed by atoms with E-state index in [2.05, 4.69) is 10.3 Å². The van der Waals surface area contributed by atoms with Crippen molar-refractivity contribution in [1.29, 1.82) is 0 Å². The molecular formula is C13H21N3O2. The molecule has 3 N–H and O–H groups in total. The quantitative estimate of drug-likeness (QED) is 0.838. The van der Waals surface area contributed by atoms with Crippen molar-refractivity contribution >= 4 is 11.5 Å². The Hall–Kier alpha value is -1.49. The highest BCUT2D eigenvalue weighted by Crippen LogP contribution is 2.28. The number of nitrogen functional groups attached to an aromatic ring is 1. The van der Waals surface area contributed by atoms with Crippen LogP contribution in [0.1, 0.15) is 26.7 Å². The molecule has 0 saturated heterocycles. The topological polar surface area (TPSA) is 69.4 Å². The molecule has 0 aromatic carbocycles. The molecule has 1 aromatic heterocycles. The molecule has 2 rings (SSSR count). The average molecular weight is 251 g/mol. The third-order valence-corrected chi connectivity index (χ3v) is 3.02. The van der Waals surface area contributed by atoms with Gasteiger partial charge in [0.15, 0.2) is 0 Å². The summed E-state index contributed by atoms with van der Waals surface area (Å²) in [5.41, 5.74) is 6.39. The molecule has 0 radical (unpaired) electrons. The van der Waals surface area contributed by atoms with Crippen molar-refractivity contribution in [1.82, 2.24) is 4.98 Å². The normalized spacial score (nSPS) is 22.7. The summed E-state index contributed by atoms with van der Waals surface area (Å²) in [6, 6.07) is 4.13. The van der Waals surface area contributed by atoms with E-state index in [1.54, 1.807) is 7.11 Å². The Morgan fingerprint density at radius 1 is 1.39 bits per heavy atom. The first-order chi connectivity index (χ1) is 8.58. The Kier molecular flexibility index (Phi) is 3.91. The second-order valence-corrected chi connectivity index (χ2v) is 4.93. The van der Waals surface area contributed by atoms with Gasteiger partial charge in [0.25, 0.3) is 0 Å². The number of nitrogens with two attached hydrogens (primary N) is 1. The molecule has 1 aliphatic carbocycles. The number of rotatable bonds is 5. The van der Waals surface area contributed by atoms with Crippen LogP contribution in [0.3, 0.4) is 0 Å². The lowest BCUT2D eigenvalue weighted by Gasteiger charge is -2.35. The number of hydrogen-bond donors (Lipinski definition) is 2. The van der Waals surface area contributed by atoms with Gasteiger partial charge in [-0.05, 0) is 38.8 Å². The number of nitrogens with one attached hydrogen (secondary N) is 1. The zero-order chi connectivity index (χ0) is 13.1. The summed E-state index contributed by atoms with van der Waals surface area (Å²) in [6.07, 6.45) is 2.48. The molecule has 0 unspecified atom stereocenters. The minimum absolute atomic E-state index is 0.0663. The molecule has 1 aromatic rings. The molecule has 0 spiro atoms. The Morgan fingerprint density at radius 2 is 2.11 bits per heavy atom. The molecule has 5 nitrogen and oxygen atoms in total. The fourth-order valence-electron chi connectivity index (χ4n) is 1.93. The molecule has 18 heavy (non-hydrogen) atoms. The highest BCUT2D eigenvalue weighted by molar-refractivity contribution is 5.54. The molecule has 0 aliphatic heterocycles. The number of ether oxygens (including phenoxy) is 2. The maximum Gasteiger partial charge on any atom is 0.239 e. The van der Waals surface area contributed by atoms with Gasteiger partial charge in [-0.1, -0.05) is 0 Å². The molecular weight excluding hydrogens is 230 g/mol. The van der Waals surface area contributed by atoms with E-state index in [1.165, 1.54) is 0 Å². The molecule has 0 atom stereocenters. The summed E-state index contributed by atoms with van der Waals surface area (Å²) in [5, 5.41) is 3.36. The summed E-state index contributed by atoms with van der Waals surface area (Å²) in [5.74, 6) is 1.30. The van der Waals surface area contributed by atoms with Crippen LogP contribution in [-0.4, -0.2) is 30.3 Å². The van der Waals surface area contributed by atoms with E-state index in [0.717, 1.165) is 18.7 Å². The zero-order valence-electron chi connectivity index (χ0n) is 11.1. The van der Waals surface area contributed by atoms with Crippen LogP contribution >= 0.6 is 0 Å². The number of hydrogen-bond acceptors (Lipinski definition) is 5. The second-order valence-electron chi connectivity index (χ2n) is 4.93. The van der Waals surface area contributed by atoms with E-state index in [-0.39, 0.29) is 6.10 Å². The van der Waals surface area contributed by atoms with E-state index >= 15 is 0 Å². The SMILES string of the molecule is COC1CC(Nc2ccc(N)c(OC(C)C)n2)C1. The largest absolute Gasteiger partial charge is 0.473 e. The fourth-order valence-corrected chi connectivity index (χ4v) is 1.93. The fraction of sp³-hybridized carbons (Fsp3) is 0.615.